The van der Waals surface area contributed by atoms with Gasteiger partial charge in [0.25, 0.3) is 6.54 Å². The third-order valence-electron chi connectivity index (χ3n) is 2.82. The molecule has 0 bridgehead atoms. The molecule has 0 saturated carbocycles. The molecular weight excluding hydrogens is 228 g/mol. The summed E-state index contributed by atoms with van der Waals surface area (Å²) in [5.41, 5.74) is 2.33. The average molecular weight is 244 g/mol. The number of carbonyl (C=O) groups is 1. The molecule has 1 aromatic heterocycles. The lowest BCUT2D eigenvalue weighted by Crippen LogP contribution is -2.41. The van der Waals surface area contributed by atoms with E-state index in [0.717, 1.165) is 18.4 Å². The van der Waals surface area contributed by atoms with Crippen LogP contribution in [0.3, 0.4) is 0 Å². The highest BCUT2D eigenvalue weighted by molar-refractivity contribution is 6.29. The number of ether oxygens (including phenoxy) is 1. The van der Waals surface area contributed by atoms with Crippen LogP contribution in [0.5, 0.6) is 0 Å². The zero-order valence-electron chi connectivity index (χ0n) is 9.38. The van der Waals surface area contributed by atoms with E-state index in [9.17, 15) is 4.79 Å². The highest BCUT2D eigenvalue weighted by Crippen LogP contribution is 2.24. The first-order chi connectivity index (χ1) is 7.72. The molecule has 0 aliphatic heterocycles. The monoisotopic (exact) mass is 243 g/mol. The molecule has 0 spiro atoms. The summed E-state index contributed by atoms with van der Waals surface area (Å²) in [7, 11) is 0. The molecule has 0 aromatic carbocycles. The number of hydrogen-bond acceptors (Lipinski definition) is 2. The first-order valence-corrected chi connectivity index (χ1v) is 6.05. The van der Waals surface area contributed by atoms with E-state index in [4.69, 9.17) is 16.3 Å². The number of fused-ring (bicyclic) bond motifs is 1. The van der Waals surface area contributed by atoms with E-state index in [1.165, 1.54) is 18.5 Å². The van der Waals surface area contributed by atoms with E-state index in [1.54, 1.807) is 11.6 Å². The van der Waals surface area contributed by atoms with Crippen LogP contribution in [0, 0.1) is 0 Å². The summed E-state index contributed by atoms with van der Waals surface area (Å²) in [5.74, 6) is -0.256. The van der Waals surface area contributed by atoms with Gasteiger partial charge in [0.05, 0.1) is 17.9 Å². The molecule has 16 heavy (non-hydrogen) atoms. The minimum absolute atomic E-state index is 0.166. The number of halogens is 1. The van der Waals surface area contributed by atoms with E-state index in [1.807, 2.05) is 0 Å². The van der Waals surface area contributed by atoms with E-state index in [2.05, 4.69) is 5.10 Å². The van der Waals surface area contributed by atoms with Gasteiger partial charge in [-0.25, -0.2) is 4.79 Å². The Balaban J connectivity index is 2.15. The zero-order chi connectivity index (χ0) is 11.5. The van der Waals surface area contributed by atoms with Crippen molar-refractivity contribution in [3.63, 3.8) is 0 Å². The fourth-order valence-corrected chi connectivity index (χ4v) is 2.39. The summed E-state index contributed by atoms with van der Waals surface area (Å²) < 4.78 is 6.57. The number of aromatic amines is 1. The van der Waals surface area contributed by atoms with Gasteiger partial charge in [-0.3, -0.25) is 0 Å². The molecule has 88 valence electrons. The van der Waals surface area contributed by atoms with Crippen molar-refractivity contribution in [1.29, 1.82) is 0 Å². The van der Waals surface area contributed by atoms with Gasteiger partial charge in [0.2, 0.25) is 0 Å². The third kappa shape index (κ3) is 2.21. The number of aryl methyl sites for hydroxylation is 1. The number of rotatable bonds is 3. The standard InChI is InChI=1S/C11H15ClN2O2/c1-2-16-10(15)7-14-11(12)8-5-3-4-6-9(8)13-14/h2-7H2,1H3/p+1. The van der Waals surface area contributed by atoms with E-state index in [0.29, 0.717) is 11.8 Å². The molecule has 4 nitrogen and oxygen atoms in total. The molecule has 0 saturated heterocycles. The SMILES string of the molecule is CCOC(=O)C[n+]1[nH]c2c(c1Cl)CCCC2. The molecule has 1 N–H and O–H groups in total. The van der Waals surface area contributed by atoms with Gasteiger partial charge in [-0.1, -0.05) is 4.68 Å². The van der Waals surface area contributed by atoms with Crippen LogP contribution < -0.4 is 4.68 Å². The third-order valence-corrected chi connectivity index (χ3v) is 3.25. The van der Waals surface area contributed by atoms with Gasteiger partial charge < -0.3 is 4.74 Å². The molecule has 5 heteroatoms. The van der Waals surface area contributed by atoms with Crippen LogP contribution in [0.2, 0.25) is 5.15 Å². The van der Waals surface area contributed by atoms with Crippen molar-refractivity contribution in [2.24, 2.45) is 0 Å². The summed E-state index contributed by atoms with van der Waals surface area (Å²) in [5, 5.41) is 3.83. The molecule has 1 aromatic rings. The Morgan fingerprint density at radius 1 is 1.50 bits per heavy atom. The van der Waals surface area contributed by atoms with Gasteiger partial charge in [0.1, 0.15) is 0 Å². The topological polar surface area (TPSA) is 46.0 Å². The quantitative estimate of drug-likeness (QED) is 0.644. The first-order valence-electron chi connectivity index (χ1n) is 5.67. The van der Waals surface area contributed by atoms with E-state index >= 15 is 0 Å². The van der Waals surface area contributed by atoms with Gasteiger partial charge in [-0.2, -0.15) is 5.10 Å². The van der Waals surface area contributed by atoms with Crippen molar-refractivity contribution in [3.8, 4) is 0 Å². The smallest absolute Gasteiger partial charge is 0.375 e. The molecule has 0 radical (unpaired) electrons. The minimum Gasteiger partial charge on any atom is -0.461 e. The van der Waals surface area contributed by atoms with Crippen molar-refractivity contribution in [2.75, 3.05) is 6.61 Å². The largest absolute Gasteiger partial charge is 0.461 e. The van der Waals surface area contributed by atoms with Gasteiger partial charge in [-0.05, 0) is 44.2 Å². The van der Waals surface area contributed by atoms with Crippen LogP contribution in [-0.4, -0.2) is 17.7 Å². The van der Waals surface area contributed by atoms with Gasteiger partial charge >= 0.3 is 11.1 Å². The number of aromatic nitrogens is 2. The fourth-order valence-electron chi connectivity index (χ4n) is 2.08. The van der Waals surface area contributed by atoms with Crippen molar-refractivity contribution in [3.05, 3.63) is 16.4 Å². The van der Waals surface area contributed by atoms with Crippen LogP contribution in [0.4, 0.5) is 0 Å². The van der Waals surface area contributed by atoms with Gasteiger partial charge in [0, 0.05) is 0 Å². The Bertz CT molecular complexity index is 401. The number of hydrogen-bond donors (Lipinski definition) is 1. The molecule has 0 unspecified atom stereocenters. The predicted octanol–water partition coefficient (Wildman–Crippen LogP) is 1.40. The van der Waals surface area contributed by atoms with Crippen LogP contribution in [0.1, 0.15) is 31.0 Å². The first kappa shape index (κ1) is 11.5. The van der Waals surface area contributed by atoms with Crippen molar-refractivity contribution in [2.45, 2.75) is 39.2 Å². The molecule has 0 atom stereocenters. The molecule has 0 amide bonds. The normalized spacial score (nSPS) is 14.6. The Labute approximate surface area is 99.5 Å². The van der Waals surface area contributed by atoms with Crippen LogP contribution in [-0.2, 0) is 28.9 Å². The maximum absolute atomic E-state index is 11.4. The summed E-state index contributed by atoms with van der Waals surface area (Å²) >= 11 is 6.21. The van der Waals surface area contributed by atoms with Gasteiger partial charge in [0.15, 0.2) is 0 Å². The number of nitrogens with one attached hydrogen (secondary N) is 1. The summed E-state index contributed by atoms with van der Waals surface area (Å²) in [6.45, 7) is 2.36. The number of H-pyrrole nitrogens is 1. The predicted molar refractivity (Wildman–Crippen MR) is 59.3 cm³/mol. The molecule has 1 aliphatic carbocycles. The molecule has 0 fully saturated rings. The second kappa shape index (κ2) is 4.87. The van der Waals surface area contributed by atoms with E-state index < -0.39 is 0 Å². The molecule has 2 rings (SSSR count). The van der Waals surface area contributed by atoms with Crippen LogP contribution >= 0.6 is 11.6 Å². The van der Waals surface area contributed by atoms with Gasteiger partial charge in [-0.15, -0.1) is 0 Å². The number of esters is 1. The zero-order valence-corrected chi connectivity index (χ0v) is 10.1. The highest BCUT2D eigenvalue weighted by Gasteiger charge is 2.27. The maximum Gasteiger partial charge on any atom is 0.375 e. The number of carbonyl (C=O) groups excluding carboxylic acids is 1. The lowest BCUT2D eigenvalue weighted by Gasteiger charge is -2.05. The second-order valence-corrected chi connectivity index (χ2v) is 4.32. The average Bonchev–Trinajstić information content (AvgIpc) is 2.57. The molecule has 1 aliphatic rings. The summed E-state index contributed by atoms with van der Waals surface area (Å²) in [6.07, 6.45) is 4.37. The lowest BCUT2D eigenvalue weighted by molar-refractivity contribution is -0.738. The van der Waals surface area contributed by atoms with Crippen molar-refractivity contribution < 1.29 is 14.2 Å². The summed E-state index contributed by atoms with van der Waals surface area (Å²) in [4.78, 5) is 11.4. The Kier molecular flexibility index (Phi) is 3.49. The number of nitrogens with zero attached hydrogens (tertiary/aromatic N) is 1. The highest BCUT2D eigenvalue weighted by atomic mass is 35.5. The second-order valence-electron chi connectivity index (χ2n) is 3.96. The van der Waals surface area contributed by atoms with Crippen molar-refractivity contribution >= 4 is 17.6 Å². The van der Waals surface area contributed by atoms with E-state index in [-0.39, 0.29) is 12.5 Å². The minimum atomic E-state index is -0.256. The Morgan fingerprint density at radius 2 is 2.25 bits per heavy atom. The van der Waals surface area contributed by atoms with Crippen LogP contribution in [0.15, 0.2) is 0 Å². The fraction of sp³-hybridized carbons (Fsp3) is 0.636. The lowest BCUT2D eigenvalue weighted by atomic mass is 9.99. The Morgan fingerprint density at radius 3 is 2.94 bits per heavy atom. The molecular formula is C11H16ClN2O2+. The van der Waals surface area contributed by atoms with Crippen LogP contribution in [0.25, 0.3) is 0 Å². The maximum atomic E-state index is 11.4. The molecule has 1 heterocycles. The van der Waals surface area contributed by atoms with Crippen molar-refractivity contribution in [1.82, 2.24) is 5.10 Å². The summed E-state index contributed by atoms with van der Waals surface area (Å²) in [6, 6.07) is 0. The Hall–Kier alpha value is -1.03.